The molecule has 1 N–H and O–H groups in total. The number of aromatic nitrogens is 2. The van der Waals surface area contributed by atoms with Crippen molar-refractivity contribution in [1.82, 2.24) is 9.97 Å². The Morgan fingerprint density at radius 1 is 1.10 bits per heavy atom. The zero-order valence-corrected chi connectivity index (χ0v) is 11.7. The van der Waals surface area contributed by atoms with Crippen molar-refractivity contribution in [2.75, 3.05) is 11.9 Å². The first-order valence-corrected chi connectivity index (χ1v) is 7.53. The molecule has 0 saturated heterocycles. The molecule has 4 heteroatoms. The van der Waals surface area contributed by atoms with Crippen LogP contribution >= 0.6 is 11.3 Å². The number of hydrogen-bond acceptors (Lipinski definition) is 4. The molecule has 0 radical (unpaired) electrons. The normalized spacial score (nSPS) is 13.0. The number of anilines is 1. The molecular formula is C16H13N3S. The van der Waals surface area contributed by atoms with E-state index in [4.69, 9.17) is 4.98 Å². The molecule has 0 aliphatic carbocycles. The fourth-order valence-corrected chi connectivity index (χ4v) is 3.38. The lowest BCUT2D eigenvalue weighted by Gasteiger charge is -2.03. The Kier molecular flexibility index (Phi) is 2.74. The molecule has 0 amide bonds. The number of nitrogens with one attached hydrogen (secondary N) is 1. The fourth-order valence-electron chi connectivity index (χ4n) is 2.55. The number of hydrogen-bond donors (Lipinski definition) is 1. The van der Waals surface area contributed by atoms with Gasteiger partial charge in [-0.15, -0.1) is 11.3 Å². The lowest BCUT2D eigenvalue weighted by Crippen LogP contribution is -1.92. The molecule has 1 aromatic carbocycles. The zero-order chi connectivity index (χ0) is 13.4. The SMILES string of the molecule is c1ccc(-c2nc(-c3ccnc4c3CCN4)cs2)cc1. The molecule has 0 saturated carbocycles. The lowest BCUT2D eigenvalue weighted by molar-refractivity contribution is 1.11. The third-order valence-corrected chi connectivity index (χ3v) is 4.42. The molecule has 1 aliphatic heterocycles. The van der Waals surface area contributed by atoms with Gasteiger partial charge in [0.2, 0.25) is 0 Å². The van der Waals surface area contributed by atoms with Crippen molar-refractivity contribution in [2.45, 2.75) is 6.42 Å². The van der Waals surface area contributed by atoms with Crippen molar-refractivity contribution in [3.05, 3.63) is 53.5 Å². The molecule has 0 spiro atoms. The van der Waals surface area contributed by atoms with Crippen molar-refractivity contribution >= 4 is 17.2 Å². The van der Waals surface area contributed by atoms with E-state index in [1.807, 2.05) is 24.4 Å². The maximum atomic E-state index is 4.79. The van der Waals surface area contributed by atoms with Crippen LogP contribution in [0.15, 0.2) is 48.0 Å². The highest BCUT2D eigenvalue weighted by molar-refractivity contribution is 7.13. The molecule has 2 aromatic heterocycles. The van der Waals surface area contributed by atoms with Crippen LogP contribution in [0.1, 0.15) is 5.56 Å². The van der Waals surface area contributed by atoms with Gasteiger partial charge in [-0.3, -0.25) is 0 Å². The first-order valence-electron chi connectivity index (χ1n) is 6.65. The highest BCUT2D eigenvalue weighted by atomic mass is 32.1. The summed E-state index contributed by atoms with van der Waals surface area (Å²) in [5.74, 6) is 1.01. The Labute approximate surface area is 121 Å². The fraction of sp³-hybridized carbons (Fsp3) is 0.125. The van der Waals surface area contributed by atoms with Gasteiger partial charge in [-0.1, -0.05) is 30.3 Å². The lowest BCUT2D eigenvalue weighted by atomic mass is 10.1. The zero-order valence-electron chi connectivity index (χ0n) is 10.8. The van der Waals surface area contributed by atoms with E-state index < -0.39 is 0 Å². The molecule has 0 fully saturated rings. The van der Waals surface area contributed by atoms with Crippen LogP contribution in [0.5, 0.6) is 0 Å². The van der Waals surface area contributed by atoms with Crippen LogP contribution in [0.2, 0.25) is 0 Å². The molecule has 3 nitrogen and oxygen atoms in total. The third kappa shape index (κ3) is 1.89. The second-order valence-corrected chi connectivity index (χ2v) is 5.62. The second-order valence-electron chi connectivity index (χ2n) is 4.77. The summed E-state index contributed by atoms with van der Waals surface area (Å²) in [6.45, 7) is 0.967. The van der Waals surface area contributed by atoms with Gasteiger partial charge in [0.25, 0.3) is 0 Å². The molecular weight excluding hydrogens is 266 g/mol. The Morgan fingerprint density at radius 3 is 2.90 bits per heavy atom. The van der Waals surface area contributed by atoms with Gasteiger partial charge >= 0.3 is 0 Å². The molecule has 4 rings (SSSR count). The Bertz CT molecular complexity index is 749. The predicted molar refractivity (Wildman–Crippen MR) is 83.0 cm³/mol. The van der Waals surface area contributed by atoms with Crippen LogP contribution in [0.3, 0.4) is 0 Å². The summed E-state index contributed by atoms with van der Waals surface area (Å²) in [6.07, 6.45) is 2.88. The summed E-state index contributed by atoms with van der Waals surface area (Å²) in [4.78, 5) is 9.17. The maximum absolute atomic E-state index is 4.79. The van der Waals surface area contributed by atoms with Gasteiger partial charge in [0.05, 0.1) is 5.69 Å². The highest BCUT2D eigenvalue weighted by Crippen LogP contribution is 2.34. The number of thiazole rings is 1. The van der Waals surface area contributed by atoms with Crippen LogP contribution in [0, 0.1) is 0 Å². The van der Waals surface area contributed by atoms with Gasteiger partial charge in [0.15, 0.2) is 0 Å². The first kappa shape index (κ1) is 11.6. The Hall–Kier alpha value is -2.20. The average Bonchev–Trinajstić information content (AvgIpc) is 3.17. The number of rotatable bonds is 2. The van der Waals surface area contributed by atoms with Gasteiger partial charge in [-0.25, -0.2) is 9.97 Å². The summed E-state index contributed by atoms with van der Waals surface area (Å²) >= 11 is 1.69. The molecule has 0 atom stereocenters. The van der Waals surface area contributed by atoms with E-state index in [0.717, 1.165) is 29.5 Å². The van der Waals surface area contributed by atoms with Crippen LogP contribution in [0.25, 0.3) is 21.8 Å². The van der Waals surface area contributed by atoms with Crippen molar-refractivity contribution in [3.63, 3.8) is 0 Å². The van der Waals surface area contributed by atoms with Crippen LogP contribution in [-0.2, 0) is 6.42 Å². The number of pyridine rings is 1. The van der Waals surface area contributed by atoms with E-state index in [-0.39, 0.29) is 0 Å². The second kappa shape index (κ2) is 4.72. The average molecular weight is 279 g/mol. The quantitative estimate of drug-likeness (QED) is 0.774. The Morgan fingerprint density at radius 2 is 2.00 bits per heavy atom. The number of nitrogens with zero attached hydrogens (tertiary/aromatic N) is 2. The molecule has 98 valence electrons. The van der Waals surface area contributed by atoms with Gasteiger partial charge in [-0.05, 0) is 12.5 Å². The van der Waals surface area contributed by atoms with Gasteiger partial charge in [0, 0.05) is 34.8 Å². The maximum Gasteiger partial charge on any atom is 0.129 e. The van der Waals surface area contributed by atoms with Crippen molar-refractivity contribution in [2.24, 2.45) is 0 Å². The molecule has 20 heavy (non-hydrogen) atoms. The minimum Gasteiger partial charge on any atom is -0.369 e. The summed E-state index contributed by atoms with van der Waals surface area (Å²) in [5.41, 5.74) is 4.72. The minimum atomic E-state index is 0.967. The van der Waals surface area contributed by atoms with E-state index in [9.17, 15) is 0 Å². The highest BCUT2D eigenvalue weighted by Gasteiger charge is 2.18. The third-order valence-electron chi connectivity index (χ3n) is 3.52. The Balaban J connectivity index is 1.78. The van der Waals surface area contributed by atoms with Gasteiger partial charge in [0.1, 0.15) is 10.8 Å². The molecule has 0 bridgehead atoms. The van der Waals surface area contributed by atoms with Crippen LogP contribution in [-0.4, -0.2) is 16.5 Å². The monoisotopic (exact) mass is 279 g/mol. The van der Waals surface area contributed by atoms with E-state index >= 15 is 0 Å². The minimum absolute atomic E-state index is 0.967. The van der Waals surface area contributed by atoms with Crippen molar-refractivity contribution in [1.29, 1.82) is 0 Å². The summed E-state index contributed by atoms with van der Waals surface area (Å²) < 4.78 is 0. The molecule has 3 heterocycles. The van der Waals surface area contributed by atoms with Gasteiger partial charge in [-0.2, -0.15) is 0 Å². The van der Waals surface area contributed by atoms with E-state index in [2.05, 4.69) is 33.9 Å². The number of fused-ring (bicyclic) bond motifs is 1. The first-order chi connectivity index (χ1) is 9.92. The van der Waals surface area contributed by atoms with Crippen molar-refractivity contribution < 1.29 is 0 Å². The summed E-state index contributed by atoms with van der Waals surface area (Å²) in [6, 6.07) is 12.4. The van der Waals surface area contributed by atoms with Crippen LogP contribution < -0.4 is 5.32 Å². The molecule has 1 aliphatic rings. The number of benzene rings is 1. The smallest absolute Gasteiger partial charge is 0.129 e. The largest absolute Gasteiger partial charge is 0.369 e. The van der Waals surface area contributed by atoms with E-state index in [1.54, 1.807) is 11.3 Å². The standard InChI is InChI=1S/C16H13N3S/c1-2-4-11(5-3-1)16-19-14(10-20-16)12-6-8-17-15-13(12)7-9-18-15/h1-6,8,10H,7,9H2,(H,17,18). The summed E-state index contributed by atoms with van der Waals surface area (Å²) in [5, 5.41) is 6.52. The van der Waals surface area contributed by atoms with Crippen molar-refractivity contribution in [3.8, 4) is 21.8 Å². The summed E-state index contributed by atoms with van der Waals surface area (Å²) in [7, 11) is 0. The topological polar surface area (TPSA) is 37.8 Å². The molecule has 0 unspecified atom stereocenters. The van der Waals surface area contributed by atoms with Gasteiger partial charge < -0.3 is 5.32 Å². The van der Waals surface area contributed by atoms with E-state index in [0.29, 0.717) is 0 Å². The van der Waals surface area contributed by atoms with E-state index in [1.165, 1.54) is 16.7 Å². The predicted octanol–water partition coefficient (Wildman–Crippen LogP) is 3.84. The molecule has 3 aromatic rings. The van der Waals surface area contributed by atoms with Crippen LogP contribution in [0.4, 0.5) is 5.82 Å².